The first kappa shape index (κ1) is 26.8. The summed E-state index contributed by atoms with van der Waals surface area (Å²) in [7, 11) is 0. The highest BCUT2D eigenvalue weighted by atomic mass is 32.1. The van der Waals surface area contributed by atoms with E-state index in [2.05, 4.69) is 10.3 Å². The molecule has 1 unspecified atom stereocenters. The van der Waals surface area contributed by atoms with E-state index in [9.17, 15) is 14.3 Å². The number of carbonyl (C=O) groups is 1. The van der Waals surface area contributed by atoms with Gasteiger partial charge in [-0.1, -0.05) is 11.3 Å². The van der Waals surface area contributed by atoms with Crippen LogP contribution in [0.15, 0.2) is 30.3 Å². The first-order valence-electron chi connectivity index (χ1n) is 12.3. The zero-order valence-electron chi connectivity index (χ0n) is 21.2. The molecule has 1 aliphatic rings. The molecule has 0 aliphatic carbocycles. The fourth-order valence-electron chi connectivity index (χ4n) is 4.71. The number of carbonyl (C=O) groups excluding carboxylic acids is 1. The van der Waals surface area contributed by atoms with E-state index in [0.29, 0.717) is 18.7 Å². The van der Waals surface area contributed by atoms with Gasteiger partial charge in [0.2, 0.25) is 0 Å². The van der Waals surface area contributed by atoms with Crippen molar-refractivity contribution in [3.05, 3.63) is 58.2 Å². The van der Waals surface area contributed by atoms with Gasteiger partial charge >= 0.3 is 0 Å². The first-order chi connectivity index (χ1) is 18.6. The van der Waals surface area contributed by atoms with Gasteiger partial charge in [-0.3, -0.25) is 4.79 Å². The topological polar surface area (TPSA) is 121 Å². The maximum absolute atomic E-state index is 15.7. The minimum atomic E-state index is -1.21. The number of hydrogen-bond donors (Lipinski definition) is 2. The molecule has 0 spiro atoms. The van der Waals surface area contributed by atoms with Gasteiger partial charge in [0.25, 0.3) is 5.91 Å². The second-order valence-corrected chi connectivity index (χ2v) is 11.3. The number of aliphatic hydroxyl groups excluding tert-OH is 1. The summed E-state index contributed by atoms with van der Waals surface area (Å²) in [6.45, 7) is 3.70. The van der Waals surface area contributed by atoms with Gasteiger partial charge in [0.1, 0.15) is 22.9 Å². The summed E-state index contributed by atoms with van der Waals surface area (Å²) in [6.07, 6.45) is 1.54. The number of rotatable bonds is 5. The van der Waals surface area contributed by atoms with Gasteiger partial charge in [0, 0.05) is 35.1 Å². The Morgan fingerprint density at radius 2 is 2.00 bits per heavy atom. The molecule has 1 atom stereocenters. The number of aromatic nitrogens is 3. The Balaban J connectivity index is 1.70. The third kappa shape index (κ3) is 4.67. The summed E-state index contributed by atoms with van der Waals surface area (Å²) in [5.74, 6) is -3.50. The lowest BCUT2D eigenvalue weighted by Gasteiger charge is -2.30. The highest BCUT2D eigenvalue weighted by Gasteiger charge is 2.30. The molecule has 202 valence electrons. The number of nitrogens with zero attached hydrogens (tertiary/aromatic N) is 5. The summed E-state index contributed by atoms with van der Waals surface area (Å²) in [5, 5.41) is 26.8. The zero-order valence-corrected chi connectivity index (χ0v) is 22.0. The van der Waals surface area contributed by atoms with Gasteiger partial charge in [-0.05, 0) is 56.5 Å². The van der Waals surface area contributed by atoms with Crippen LogP contribution in [0.2, 0.25) is 0 Å². The molecule has 1 aliphatic heterocycles. The first-order valence-corrected chi connectivity index (χ1v) is 13.1. The van der Waals surface area contributed by atoms with Crippen molar-refractivity contribution < 1.29 is 23.1 Å². The lowest BCUT2D eigenvalue weighted by Crippen LogP contribution is -2.45. The van der Waals surface area contributed by atoms with Crippen LogP contribution in [0.3, 0.4) is 0 Å². The summed E-state index contributed by atoms with van der Waals surface area (Å²) in [6, 6.07) is 8.36. The number of halogens is 3. The molecule has 3 N–H and O–H groups in total. The number of piperidine rings is 1. The molecule has 1 saturated heterocycles. The summed E-state index contributed by atoms with van der Waals surface area (Å²) in [4.78, 5) is 15.5. The highest BCUT2D eigenvalue weighted by Crippen LogP contribution is 2.43. The molecule has 2 aromatic heterocycles. The smallest absolute Gasteiger partial charge is 0.264 e. The van der Waals surface area contributed by atoms with Crippen LogP contribution in [0.1, 0.15) is 41.9 Å². The van der Waals surface area contributed by atoms with Gasteiger partial charge in [0.05, 0.1) is 22.6 Å². The van der Waals surface area contributed by atoms with E-state index >= 15 is 8.78 Å². The molecular weight excluding hydrogens is 529 g/mol. The van der Waals surface area contributed by atoms with Gasteiger partial charge in [0.15, 0.2) is 11.6 Å². The quantitative estimate of drug-likeness (QED) is 0.377. The zero-order chi connectivity index (χ0) is 28.1. The molecule has 1 fully saturated rings. The van der Waals surface area contributed by atoms with E-state index in [4.69, 9.17) is 11.0 Å². The van der Waals surface area contributed by atoms with Crippen LogP contribution in [0.4, 0.5) is 13.2 Å². The number of nitrogens with two attached hydrogens (primary N) is 1. The minimum Gasteiger partial charge on any atom is -0.394 e. The summed E-state index contributed by atoms with van der Waals surface area (Å²) < 4.78 is 47.0. The third-order valence-electron chi connectivity index (χ3n) is 6.91. The monoisotopic (exact) mass is 554 g/mol. The highest BCUT2D eigenvalue weighted by molar-refractivity contribution is 7.18. The van der Waals surface area contributed by atoms with Gasteiger partial charge < -0.3 is 15.7 Å². The molecule has 0 saturated carbocycles. The number of thiophene rings is 1. The van der Waals surface area contributed by atoms with E-state index < -0.39 is 23.0 Å². The number of hydrogen-bond acceptors (Lipinski definition) is 7. The Bertz CT molecular complexity index is 1640. The Morgan fingerprint density at radius 3 is 2.67 bits per heavy atom. The molecule has 4 aromatic rings. The predicted molar refractivity (Wildman–Crippen MR) is 140 cm³/mol. The second kappa shape index (κ2) is 10.1. The third-order valence-corrected chi connectivity index (χ3v) is 8.06. The number of amides is 1. The molecule has 8 nitrogen and oxygen atoms in total. The number of nitriles is 1. The van der Waals surface area contributed by atoms with Crippen LogP contribution in [0.25, 0.3) is 32.6 Å². The SMILES string of the molecule is CC(C)(CO)n1nnc2cc(-c3sc(C(=O)N4CCCC(N)C4)cc3-c3ccc(C#N)c(F)c3)c(F)c(F)c21. The van der Waals surface area contributed by atoms with Crippen LogP contribution in [-0.2, 0) is 5.54 Å². The van der Waals surface area contributed by atoms with Gasteiger partial charge in [-0.15, -0.1) is 16.4 Å². The van der Waals surface area contributed by atoms with Crippen LogP contribution in [0.5, 0.6) is 0 Å². The van der Waals surface area contributed by atoms with Crippen LogP contribution in [0, 0.1) is 28.8 Å². The molecule has 0 radical (unpaired) electrons. The Labute approximate surface area is 226 Å². The van der Waals surface area contributed by atoms with E-state index in [1.54, 1.807) is 24.8 Å². The fraction of sp³-hybridized carbons (Fsp3) is 0.333. The lowest BCUT2D eigenvalue weighted by atomic mass is 9.99. The molecule has 3 heterocycles. The maximum atomic E-state index is 15.7. The average Bonchev–Trinajstić information content (AvgIpc) is 3.56. The summed E-state index contributed by atoms with van der Waals surface area (Å²) in [5.41, 5.74) is 5.09. The van der Waals surface area contributed by atoms with E-state index in [0.717, 1.165) is 34.9 Å². The molecule has 2 aromatic carbocycles. The Hall–Kier alpha value is -3.79. The van der Waals surface area contributed by atoms with Crippen LogP contribution in [-0.4, -0.2) is 56.6 Å². The van der Waals surface area contributed by atoms with E-state index in [-0.39, 0.29) is 56.0 Å². The fourth-order valence-corrected chi connectivity index (χ4v) is 5.87. The number of likely N-dealkylation sites (tertiary alicyclic amines) is 1. The molecule has 12 heteroatoms. The van der Waals surface area contributed by atoms with Crippen molar-refractivity contribution in [1.29, 1.82) is 5.26 Å². The van der Waals surface area contributed by atoms with E-state index in [1.807, 2.05) is 0 Å². The molecule has 5 rings (SSSR count). The standard InChI is InChI=1S/C27H25F3N6O2S/c1-27(2,13-37)36-24-20(33-34-36)9-18(22(29)23(24)30)25-17(14-5-6-15(11-31)19(28)8-14)10-21(39-25)26(38)35-7-3-4-16(32)12-35/h5-6,8-10,16,37H,3-4,7,12-13,32H2,1-2H3. The molecule has 0 bridgehead atoms. The van der Waals surface area contributed by atoms with Crippen molar-refractivity contribution in [3.63, 3.8) is 0 Å². The van der Waals surface area contributed by atoms with Gasteiger partial charge in [-0.2, -0.15) is 5.26 Å². The normalized spacial score (nSPS) is 16.1. The predicted octanol–water partition coefficient (Wildman–Crippen LogP) is 4.41. The number of fused-ring (bicyclic) bond motifs is 1. The Kier molecular flexibility index (Phi) is 6.92. The Morgan fingerprint density at radius 1 is 1.23 bits per heavy atom. The van der Waals surface area contributed by atoms with Gasteiger partial charge in [-0.25, -0.2) is 17.9 Å². The summed E-state index contributed by atoms with van der Waals surface area (Å²) >= 11 is 0.953. The second-order valence-electron chi connectivity index (χ2n) is 10.2. The molecular formula is C27H25F3N6O2S. The minimum absolute atomic E-state index is 0.0469. The van der Waals surface area contributed by atoms with Crippen molar-refractivity contribution in [2.45, 2.75) is 38.3 Å². The molecule has 39 heavy (non-hydrogen) atoms. The van der Waals surface area contributed by atoms with Crippen molar-refractivity contribution in [1.82, 2.24) is 19.9 Å². The van der Waals surface area contributed by atoms with E-state index in [1.165, 1.54) is 24.3 Å². The van der Waals surface area contributed by atoms with Crippen LogP contribution >= 0.6 is 11.3 Å². The van der Waals surface area contributed by atoms with Crippen molar-refractivity contribution in [2.75, 3.05) is 19.7 Å². The van der Waals surface area contributed by atoms with Crippen LogP contribution < -0.4 is 5.73 Å². The number of aliphatic hydroxyl groups is 1. The largest absolute Gasteiger partial charge is 0.394 e. The lowest BCUT2D eigenvalue weighted by molar-refractivity contribution is 0.0713. The maximum Gasteiger partial charge on any atom is 0.264 e. The van der Waals surface area contributed by atoms with Crippen molar-refractivity contribution >= 4 is 28.3 Å². The molecule has 1 amide bonds. The van der Waals surface area contributed by atoms with Crippen molar-refractivity contribution in [3.8, 4) is 27.6 Å². The van der Waals surface area contributed by atoms with Crippen molar-refractivity contribution in [2.24, 2.45) is 5.73 Å². The number of benzene rings is 2. The average molecular weight is 555 g/mol.